The summed E-state index contributed by atoms with van der Waals surface area (Å²) in [6.45, 7) is 3.97. The van der Waals surface area contributed by atoms with Crippen molar-refractivity contribution in [2.75, 3.05) is 6.61 Å². The van der Waals surface area contributed by atoms with E-state index in [9.17, 15) is 19.5 Å². The molecule has 0 heterocycles. The number of aliphatic hydroxyl groups is 1. The normalized spacial score (nSPS) is 49.3. The number of hydrogen-bond donors (Lipinski definition) is 1. The summed E-state index contributed by atoms with van der Waals surface area (Å²) in [5.41, 5.74) is -0.305. The van der Waals surface area contributed by atoms with Gasteiger partial charge in [0.1, 0.15) is 18.2 Å². The maximum atomic E-state index is 13.3. The van der Waals surface area contributed by atoms with Crippen LogP contribution < -0.4 is 0 Å². The Kier molecular flexibility index (Phi) is 3.99. The molecule has 0 aliphatic heterocycles. The molecule has 0 bridgehead atoms. The Morgan fingerprint density at radius 2 is 1.88 bits per heavy atom. The number of Topliss-reactive ketones (excluding diaryl/α,β-unsaturated/α-hetero) is 3. The second-order valence-electron chi connectivity index (χ2n) is 9.67. The van der Waals surface area contributed by atoms with Crippen LogP contribution >= 0.6 is 0 Å². The smallest absolute Gasteiger partial charge is 0.161 e. The van der Waals surface area contributed by atoms with E-state index in [1.54, 1.807) is 0 Å². The fourth-order valence-corrected chi connectivity index (χ4v) is 7.50. The van der Waals surface area contributed by atoms with Crippen molar-refractivity contribution in [2.24, 2.45) is 40.4 Å². The molecule has 0 radical (unpaired) electrons. The largest absolute Gasteiger partial charge is 0.389 e. The van der Waals surface area contributed by atoms with Crippen LogP contribution in [0.4, 0.5) is 0 Å². The first-order chi connectivity index (χ1) is 11.8. The number of aliphatic hydroxyl groups excluding tert-OH is 1. The lowest BCUT2D eigenvalue weighted by Crippen LogP contribution is -2.57. The van der Waals surface area contributed by atoms with Crippen LogP contribution in [0.3, 0.4) is 0 Å². The van der Waals surface area contributed by atoms with Crippen molar-refractivity contribution >= 4 is 17.3 Å². The number of rotatable bonds is 2. The van der Waals surface area contributed by atoms with Crippen molar-refractivity contribution in [3.8, 4) is 0 Å². The summed E-state index contributed by atoms with van der Waals surface area (Å²) in [7, 11) is 0. The van der Waals surface area contributed by atoms with E-state index in [0.29, 0.717) is 48.6 Å². The maximum Gasteiger partial charge on any atom is 0.161 e. The summed E-state index contributed by atoms with van der Waals surface area (Å²) in [4.78, 5) is 37.5. The van der Waals surface area contributed by atoms with E-state index in [2.05, 4.69) is 13.8 Å². The minimum absolute atomic E-state index is 0.0334. The molecule has 4 rings (SSSR count). The molecule has 4 saturated carbocycles. The van der Waals surface area contributed by atoms with E-state index in [-0.39, 0.29) is 28.4 Å². The molecular weight excluding hydrogens is 316 g/mol. The van der Waals surface area contributed by atoms with Crippen molar-refractivity contribution in [1.82, 2.24) is 0 Å². The first-order valence-electron chi connectivity index (χ1n) is 9.99. The topological polar surface area (TPSA) is 71.4 Å². The highest BCUT2D eigenvalue weighted by molar-refractivity contribution is 5.88. The lowest BCUT2D eigenvalue weighted by molar-refractivity contribution is -0.161. The van der Waals surface area contributed by atoms with E-state index in [1.807, 2.05) is 0 Å². The van der Waals surface area contributed by atoms with Crippen LogP contribution in [0.5, 0.6) is 0 Å². The average molecular weight is 346 g/mol. The molecule has 4 nitrogen and oxygen atoms in total. The van der Waals surface area contributed by atoms with Crippen LogP contribution in [-0.2, 0) is 14.4 Å². The Hall–Kier alpha value is -1.03. The Morgan fingerprint density at radius 3 is 2.60 bits per heavy atom. The molecule has 1 N–H and O–H groups in total. The second kappa shape index (κ2) is 5.73. The van der Waals surface area contributed by atoms with Gasteiger partial charge in [0.05, 0.1) is 0 Å². The zero-order valence-corrected chi connectivity index (χ0v) is 15.4. The van der Waals surface area contributed by atoms with Crippen LogP contribution in [0.2, 0.25) is 0 Å². The molecular formula is C21H30O4. The number of fused-ring (bicyclic) bond motifs is 5. The summed E-state index contributed by atoms with van der Waals surface area (Å²) >= 11 is 0. The van der Waals surface area contributed by atoms with Gasteiger partial charge in [-0.25, -0.2) is 0 Å². The van der Waals surface area contributed by atoms with E-state index in [4.69, 9.17) is 0 Å². The van der Waals surface area contributed by atoms with Crippen molar-refractivity contribution in [3.05, 3.63) is 0 Å². The number of carbonyl (C=O) groups is 3. The van der Waals surface area contributed by atoms with Crippen molar-refractivity contribution in [2.45, 2.75) is 65.2 Å². The Bertz CT molecular complexity index is 625. The molecule has 0 saturated heterocycles. The number of carbonyl (C=O) groups excluding carboxylic acids is 3. The minimum atomic E-state index is -0.406. The SMILES string of the molecule is C[C@]12CC(=O)[C@H]3[C@@H](CCC4CC(=O)CC[C@@]43C)[C@@H]1CC[C@@H]2C(=O)CO. The molecule has 4 heteroatoms. The molecule has 138 valence electrons. The van der Waals surface area contributed by atoms with Crippen LogP contribution in [0.1, 0.15) is 65.2 Å². The molecule has 0 spiro atoms. The highest BCUT2D eigenvalue weighted by Crippen LogP contribution is 2.66. The standard InChI is InChI=1S/C21H30O4/c1-20-8-7-13(23)9-12(20)3-4-14-15-5-6-16(18(25)11-22)21(15,2)10-17(24)19(14)20/h12,14-16,19,22H,3-11H2,1-2H3/t12?,14-,15-,16+,19+,20-,21-/m0/s1. The Labute approximate surface area is 149 Å². The quantitative estimate of drug-likeness (QED) is 0.834. The lowest BCUT2D eigenvalue weighted by atomic mass is 9.44. The summed E-state index contributed by atoms with van der Waals surface area (Å²) in [5, 5.41) is 9.35. The molecule has 4 aliphatic carbocycles. The molecule has 0 aromatic rings. The van der Waals surface area contributed by atoms with Gasteiger partial charge in [-0.15, -0.1) is 0 Å². The maximum absolute atomic E-state index is 13.3. The molecule has 0 aromatic carbocycles. The molecule has 4 fully saturated rings. The number of hydrogen-bond acceptors (Lipinski definition) is 4. The van der Waals surface area contributed by atoms with Gasteiger partial charge in [0.2, 0.25) is 0 Å². The third kappa shape index (κ3) is 2.32. The van der Waals surface area contributed by atoms with Crippen molar-refractivity contribution in [1.29, 1.82) is 0 Å². The molecule has 7 atom stereocenters. The van der Waals surface area contributed by atoms with Gasteiger partial charge in [-0.2, -0.15) is 0 Å². The highest BCUT2D eigenvalue weighted by atomic mass is 16.3. The van der Waals surface area contributed by atoms with E-state index >= 15 is 0 Å². The van der Waals surface area contributed by atoms with Gasteiger partial charge >= 0.3 is 0 Å². The number of ketones is 3. The van der Waals surface area contributed by atoms with Gasteiger partial charge in [-0.05, 0) is 60.7 Å². The zero-order valence-electron chi connectivity index (χ0n) is 15.4. The second-order valence-corrected chi connectivity index (χ2v) is 9.67. The van der Waals surface area contributed by atoms with Gasteiger partial charge in [0.25, 0.3) is 0 Å². The molecule has 4 aliphatic rings. The summed E-state index contributed by atoms with van der Waals surface area (Å²) < 4.78 is 0. The van der Waals surface area contributed by atoms with Gasteiger partial charge < -0.3 is 5.11 Å². The monoisotopic (exact) mass is 346 g/mol. The summed E-state index contributed by atoms with van der Waals surface area (Å²) in [6, 6.07) is 0. The third-order valence-electron chi connectivity index (χ3n) is 8.71. The third-order valence-corrected chi connectivity index (χ3v) is 8.71. The van der Waals surface area contributed by atoms with Crippen LogP contribution in [-0.4, -0.2) is 29.1 Å². The average Bonchev–Trinajstić information content (AvgIpc) is 2.91. The van der Waals surface area contributed by atoms with Crippen molar-refractivity contribution in [3.63, 3.8) is 0 Å². The van der Waals surface area contributed by atoms with Gasteiger partial charge in [-0.1, -0.05) is 13.8 Å². The first kappa shape index (κ1) is 17.4. The minimum Gasteiger partial charge on any atom is -0.389 e. The van der Waals surface area contributed by atoms with Gasteiger partial charge in [0.15, 0.2) is 5.78 Å². The predicted octanol–water partition coefficient (Wildman–Crippen LogP) is 2.95. The van der Waals surface area contributed by atoms with Crippen LogP contribution in [0.15, 0.2) is 0 Å². The fraction of sp³-hybridized carbons (Fsp3) is 0.857. The van der Waals surface area contributed by atoms with E-state index in [1.165, 1.54) is 0 Å². The molecule has 0 aromatic heterocycles. The predicted molar refractivity (Wildman–Crippen MR) is 92.7 cm³/mol. The van der Waals surface area contributed by atoms with Gasteiger partial charge in [0, 0.05) is 31.1 Å². The molecule has 1 unspecified atom stereocenters. The fourth-order valence-electron chi connectivity index (χ4n) is 7.50. The first-order valence-corrected chi connectivity index (χ1v) is 9.99. The molecule has 0 amide bonds. The van der Waals surface area contributed by atoms with E-state index < -0.39 is 6.61 Å². The van der Waals surface area contributed by atoms with Gasteiger partial charge in [-0.3, -0.25) is 14.4 Å². The van der Waals surface area contributed by atoms with Crippen LogP contribution in [0, 0.1) is 40.4 Å². The van der Waals surface area contributed by atoms with Crippen molar-refractivity contribution < 1.29 is 19.5 Å². The Balaban J connectivity index is 1.67. The zero-order chi connectivity index (χ0) is 18.0. The lowest BCUT2D eigenvalue weighted by Gasteiger charge is -2.59. The summed E-state index contributed by atoms with van der Waals surface area (Å²) in [6.07, 6.45) is 6.48. The summed E-state index contributed by atoms with van der Waals surface area (Å²) in [5.74, 6) is 1.64. The van der Waals surface area contributed by atoms with E-state index in [0.717, 1.165) is 32.1 Å². The Morgan fingerprint density at radius 1 is 1.12 bits per heavy atom. The van der Waals surface area contributed by atoms with Crippen LogP contribution in [0.25, 0.3) is 0 Å². The molecule has 25 heavy (non-hydrogen) atoms. The highest BCUT2D eigenvalue weighted by Gasteiger charge is 2.63.